The van der Waals surface area contributed by atoms with Gasteiger partial charge in [0, 0.05) is 25.1 Å². The fourth-order valence-corrected chi connectivity index (χ4v) is 4.49. The predicted molar refractivity (Wildman–Crippen MR) is 125 cm³/mol. The molecule has 9 nitrogen and oxygen atoms in total. The number of nitrogens with zero attached hydrogens (tertiary/aromatic N) is 5. The predicted octanol–water partition coefficient (Wildman–Crippen LogP) is 4.32. The van der Waals surface area contributed by atoms with E-state index in [9.17, 15) is 22.4 Å². The van der Waals surface area contributed by atoms with Gasteiger partial charge < -0.3 is 20.3 Å². The van der Waals surface area contributed by atoms with Crippen LogP contribution in [0, 0.1) is 12.8 Å². The average Bonchev–Trinajstić information content (AvgIpc) is 3.44. The lowest BCUT2D eigenvalue weighted by atomic mass is 10.1. The summed E-state index contributed by atoms with van der Waals surface area (Å²) >= 11 is 0.972. The Hall–Kier alpha value is -3.39. The zero-order chi connectivity index (χ0) is 25.7. The number of amides is 1. The van der Waals surface area contributed by atoms with Crippen molar-refractivity contribution in [3.8, 4) is 5.88 Å². The molecule has 1 amide bonds. The number of likely N-dealkylation sites (tertiary alicyclic amines) is 1. The number of nitrogens with one attached hydrogen (secondary N) is 2. The number of hydrogen-bond donors (Lipinski definition) is 2. The van der Waals surface area contributed by atoms with Gasteiger partial charge in [-0.15, -0.1) is 0 Å². The van der Waals surface area contributed by atoms with Crippen LogP contribution in [0.5, 0.6) is 5.88 Å². The summed E-state index contributed by atoms with van der Waals surface area (Å²) in [6.07, 6.45) is -0.651. The summed E-state index contributed by atoms with van der Waals surface area (Å²) in [6.45, 7) is 3.85. The smallest absolute Gasteiger partial charge is 0.434 e. The molecule has 1 aliphatic heterocycles. The molecule has 0 saturated carbocycles. The molecule has 0 radical (unpaired) electrons. The number of carbonyl (C=O) groups excluding carboxylic acids is 1. The zero-order valence-electron chi connectivity index (χ0n) is 19.2. The summed E-state index contributed by atoms with van der Waals surface area (Å²) in [6, 6.07) is 3.29. The maximum absolute atomic E-state index is 12.9. The van der Waals surface area contributed by atoms with Gasteiger partial charge in [0.1, 0.15) is 17.5 Å². The normalized spacial score (nSPS) is 16.2. The summed E-state index contributed by atoms with van der Waals surface area (Å²) < 4.78 is 60.5. The molecule has 1 atom stereocenters. The van der Waals surface area contributed by atoms with E-state index in [4.69, 9.17) is 4.74 Å². The zero-order valence-corrected chi connectivity index (χ0v) is 20.0. The monoisotopic (exact) mass is 525 g/mol. The number of anilines is 3. The molecule has 0 aliphatic carbocycles. The maximum Gasteiger partial charge on any atom is 0.434 e. The van der Waals surface area contributed by atoms with Crippen LogP contribution in [0.1, 0.15) is 28.2 Å². The van der Waals surface area contributed by atoms with Gasteiger partial charge in [-0.25, -0.2) is 19.3 Å². The van der Waals surface area contributed by atoms with Gasteiger partial charge in [-0.1, -0.05) is 0 Å². The minimum atomic E-state index is -4.60. The van der Waals surface area contributed by atoms with E-state index in [2.05, 4.69) is 34.9 Å². The van der Waals surface area contributed by atoms with E-state index in [1.165, 1.54) is 6.20 Å². The minimum absolute atomic E-state index is 0.0407. The molecule has 0 bridgehead atoms. The Labute approximate surface area is 208 Å². The molecule has 192 valence electrons. The van der Waals surface area contributed by atoms with Crippen LogP contribution in [0.4, 0.5) is 34.1 Å². The highest BCUT2D eigenvalue weighted by Gasteiger charge is 2.33. The van der Waals surface area contributed by atoms with Gasteiger partial charge in [-0.3, -0.25) is 4.79 Å². The number of pyridine rings is 1. The number of carbonyl (C=O) groups is 1. The highest BCUT2D eigenvalue weighted by Crippen LogP contribution is 2.30. The van der Waals surface area contributed by atoms with Crippen LogP contribution < -0.4 is 15.4 Å². The first-order valence-corrected chi connectivity index (χ1v) is 11.8. The summed E-state index contributed by atoms with van der Waals surface area (Å²) in [4.78, 5) is 26.3. The highest BCUT2D eigenvalue weighted by molar-refractivity contribution is 7.10. The van der Waals surface area contributed by atoms with Crippen molar-refractivity contribution < 1.29 is 27.1 Å². The Morgan fingerprint density at radius 3 is 2.72 bits per heavy atom. The molecule has 3 aromatic heterocycles. The van der Waals surface area contributed by atoms with Crippen LogP contribution in [0.2, 0.25) is 0 Å². The second-order valence-corrected chi connectivity index (χ2v) is 8.95. The Kier molecular flexibility index (Phi) is 7.94. The van der Waals surface area contributed by atoms with E-state index in [-0.39, 0.29) is 18.1 Å². The van der Waals surface area contributed by atoms with Gasteiger partial charge in [0.05, 0.1) is 42.1 Å². The largest absolute Gasteiger partial charge is 0.477 e. The van der Waals surface area contributed by atoms with E-state index >= 15 is 0 Å². The van der Waals surface area contributed by atoms with Gasteiger partial charge in [-0.05, 0) is 37.5 Å². The number of rotatable bonds is 9. The molecule has 1 fully saturated rings. The first-order valence-electron chi connectivity index (χ1n) is 11.0. The van der Waals surface area contributed by atoms with Gasteiger partial charge in [0.25, 0.3) is 5.91 Å². The van der Waals surface area contributed by atoms with Crippen LogP contribution in [-0.4, -0.2) is 63.0 Å². The van der Waals surface area contributed by atoms with E-state index in [0.717, 1.165) is 37.2 Å². The molecular weight excluding hydrogens is 502 g/mol. The molecule has 0 aromatic carbocycles. The molecule has 3 aromatic rings. The van der Waals surface area contributed by atoms with Crippen molar-refractivity contribution in [3.05, 3.63) is 47.7 Å². The molecule has 2 N–H and O–H groups in total. The van der Waals surface area contributed by atoms with Gasteiger partial charge >= 0.3 is 6.18 Å². The van der Waals surface area contributed by atoms with Crippen LogP contribution in [0.15, 0.2) is 30.7 Å². The molecule has 14 heteroatoms. The molecule has 1 unspecified atom stereocenters. The summed E-state index contributed by atoms with van der Waals surface area (Å²) in [5.74, 6) is 0.289. The second kappa shape index (κ2) is 11.1. The topological polar surface area (TPSA) is 105 Å². The number of aromatic nitrogens is 4. The minimum Gasteiger partial charge on any atom is -0.477 e. The number of alkyl halides is 4. The third-order valence-corrected chi connectivity index (χ3v) is 6.36. The highest BCUT2D eigenvalue weighted by atomic mass is 32.1. The van der Waals surface area contributed by atoms with Gasteiger partial charge in [0.15, 0.2) is 5.69 Å². The Balaban J connectivity index is 1.34. The van der Waals surface area contributed by atoms with Crippen LogP contribution in [-0.2, 0) is 6.18 Å². The second-order valence-electron chi connectivity index (χ2n) is 8.18. The molecule has 0 spiro atoms. The molecule has 4 rings (SSSR count). The third-order valence-electron chi connectivity index (χ3n) is 5.51. The van der Waals surface area contributed by atoms with Crippen molar-refractivity contribution in [1.82, 2.24) is 24.2 Å². The number of aryl methyl sites for hydroxylation is 1. The number of halogens is 4. The van der Waals surface area contributed by atoms with Gasteiger partial charge in [0.2, 0.25) is 5.88 Å². The molecular formula is C22H23F4N7O2S. The molecule has 4 heterocycles. The average molecular weight is 526 g/mol. The Morgan fingerprint density at radius 1 is 1.22 bits per heavy atom. The quantitative estimate of drug-likeness (QED) is 0.398. The third kappa shape index (κ3) is 6.43. The Bertz CT molecular complexity index is 1170. The van der Waals surface area contributed by atoms with Crippen molar-refractivity contribution in [1.29, 1.82) is 0 Å². The van der Waals surface area contributed by atoms with Crippen LogP contribution in [0.25, 0.3) is 0 Å². The van der Waals surface area contributed by atoms with E-state index in [1.807, 2.05) is 0 Å². The van der Waals surface area contributed by atoms with E-state index < -0.39 is 17.8 Å². The lowest BCUT2D eigenvalue weighted by molar-refractivity contribution is -0.141. The maximum atomic E-state index is 12.9. The molecule has 1 saturated heterocycles. The number of hydrogen-bond acceptors (Lipinski definition) is 9. The SMILES string of the molecule is Cc1nsc(Nc2cnc(C(F)(F)F)cn2)c1C(=O)Nc1ccc(OCC2CCN(CCF)C2)nc1. The van der Waals surface area contributed by atoms with Gasteiger partial charge in [-0.2, -0.15) is 17.5 Å². The van der Waals surface area contributed by atoms with Crippen LogP contribution in [0.3, 0.4) is 0 Å². The van der Waals surface area contributed by atoms with E-state index in [0.29, 0.717) is 47.5 Å². The van der Waals surface area contributed by atoms with Crippen molar-refractivity contribution in [2.75, 3.05) is 43.5 Å². The molecule has 36 heavy (non-hydrogen) atoms. The fourth-order valence-electron chi connectivity index (χ4n) is 3.69. The van der Waals surface area contributed by atoms with Crippen LogP contribution >= 0.6 is 11.5 Å². The van der Waals surface area contributed by atoms with Crippen molar-refractivity contribution >= 4 is 33.9 Å². The van der Waals surface area contributed by atoms with Crippen molar-refractivity contribution in [2.24, 2.45) is 5.92 Å². The lowest BCUT2D eigenvalue weighted by Crippen LogP contribution is -2.24. The Morgan fingerprint density at radius 2 is 2.06 bits per heavy atom. The van der Waals surface area contributed by atoms with Crippen molar-refractivity contribution in [2.45, 2.75) is 19.5 Å². The first kappa shape index (κ1) is 25.7. The van der Waals surface area contributed by atoms with E-state index in [1.54, 1.807) is 19.1 Å². The summed E-state index contributed by atoms with van der Waals surface area (Å²) in [5.41, 5.74) is -0.0334. The first-order chi connectivity index (χ1) is 17.2. The molecule has 1 aliphatic rings. The standard InChI is InChI=1S/C22H23F4N7O2S/c1-13-19(21(36-32-13)31-17-10-27-16(9-28-17)22(24,25)26)20(34)30-15-2-3-18(29-8-15)35-12-14-4-6-33(11-14)7-5-23/h2-3,8-10,14H,4-7,11-12H2,1H3,(H,28,31)(H,30,34). The summed E-state index contributed by atoms with van der Waals surface area (Å²) in [7, 11) is 0. The lowest BCUT2D eigenvalue weighted by Gasteiger charge is -2.14. The number of ether oxygens (including phenoxy) is 1. The van der Waals surface area contributed by atoms with Crippen molar-refractivity contribution in [3.63, 3.8) is 0 Å². The fraction of sp³-hybridized carbons (Fsp3) is 0.409. The summed E-state index contributed by atoms with van der Waals surface area (Å²) in [5, 5.41) is 5.83.